The normalized spacial score (nSPS) is 10.6. The molecule has 0 saturated carbocycles. The summed E-state index contributed by atoms with van der Waals surface area (Å²) in [4.78, 5) is 22.9. The van der Waals surface area contributed by atoms with Crippen molar-refractivity contribution in [1.29, 1.82) is 5.41 Å². The molecule has 8 heteroatoms. The molecule has 0 bridgehead atoms. The predicted molar refractivity (Wildman–Crippen MR) is 90.9 cm³/mol. The van der Waals surface area contributed by atoms with Gasteiger partial charge in [-0.1, -0.05) is 0 Å². The lowest BCUT2D eigenvalue weighted by atomic mass is 10.0. The number of aromatic amines is 1. The number of nitrogens with zero attached hydrogens (tertiary/aromatic N) is 2. The molecular formula is C16H16N6O2. The van der Waals surface area contributed by atoms with Crippen molar-refractivity contribution in [2.24, 2.45) is 5.73 Å². The number of rotatable bonds is 5. The van der Waals surface area contributed by atoms with Crippen LogP contribution in [0.25, 0.3) is 11.2 Å². The van der Waals surface area contributed by atoms with Gasteiger partial charge in [-0.25, -0.2) is 9.97 Å². The van der Waals surface area contributed by atoms with Crippen LogP contribution in [0.2, 0.25) is 0 Å². The van der Waals surface area contributed by atoms with Crippen molar-refractivity contribution >= 4 is 28.5 Å². The number of carbonyl (C=O) groups is 1. The lowest BCUT2D eigenvalue weighted by molar-refractivity contribution is 0.100. The van der Waals surface area contributed by atoms with Gasteiger partial charge in [-0.05, 0) is 18.2 Å². The second-order valence-corrected chi connectivity index (χ2v) is 5.06. The number of H-pyrrole nitrogens is 1. The van der Waals surface area contributed by atoms with Crippen LogP contribution in [-0.2, 0) is 0 Å². The monoisotopic (exact) mass is 324 g/mol. The topological polar surface area (TPSA) is 130 Å². The summed E-state index contributed by atoms with van der Waals surface area (Å²) in [6, 6.07) is 5.36. The molecule has 24 heavy (non-hydrogen) atoms. The Morgan fingerprint density at radius 2 is 2.17 bits per heavy atom. The van der Waals surface area contributed by atoms with Crippen LogP contribution in [0.5, 0.6) is 5.75 Å². The van der Waals surface area contributed by atoms with Gasteiger partial charge in [0.15, 0.2) is 5.65 Å². The Balaban J connectivity index is 2.12. The number of anilines is 1. The summed E-state index contributed by atoms with van der Waals surface area (Å²) in [5.74, 6) is 0.0266. The Labute approximate surface area is 137 Å². The number of primary amides is 1. The zero-order valence-electron chi connectivity index (χ0n) is 13.2. The van der Waals surface area contributed by atoms with Gasteiger partial charge in [-0.15, -0.1) is 0 Å². The van der Waals surface area contributed by atoms with Crippen LogP contribution in [0.3, 0.4) is 0 Å². The Bertz CT molecular complexity index is 947. The summed E-state index contributed by atoms with van der Waals surface area (Å²) >= 11 is 0. The molecule has 3 aromatic rings. The van der Waals surface area contributed by atoms with Crippen LogP contribution in [0.15, 0.2) is 30.6 Å². The lowest BCUT2D eigenvalue weighted by Gasteiger charge is -2.12. The number of amides is 1. The number of aromatic nitrogens is 3. The highest BCUT2D eigenvalue weighted by Gasteiger charge is 2.16. The minimum atomic E-state index is -0.600. The first-order valence-corrected chi connectivity index (χ1v) is 7.14. The van der Waals surface area contributed by atoms with Gasteiger partial charge in [0.25, 0.3) is 5.91 Å². The van der Waals surface area contributed by atoms with Crippen molar-refractivity contribution in [1.82, 2.24) is 15.0 Å². The highest BCUT2D eigenvalue weighted by atomic mass is 16.5. The molecular weight excluding hydrogens is 308 g/mol. The quantitative estimate of drug-likeness (QED) is 0.529. The maximum absolute atomic E-state index is 11.5. The smallest absolute Gasteiger partial charge is 0.252 e. The van der Waals surface area contributed by atoms with Gasteiger partial charge >= 0.3 is 0 Å². The molecule has 0 unspecified atom stereocenters. The molecule has 1 aromatic carbocycles. The number of hydrogen-bond acceptors (Lipinski definition) is 6. The predicted octanol–water partition coefficient (Wildman–Crippen LogP) is 1.52. The van der Waals surface area contributed by atoms with E-state index in [0.29, 0.717) is 28.2 Å². The van der Waals surface area contributed by atoms with Crippen LogP contribution in [-0.4, -0.2) is 40.7 Å². The van der Waals surface area contributed by atoms with E-state index in [0.717, 1.165) is 5.69 Å². The van der Waals surface area contributed by atoms with E-state index < -0.39 is 5.91 Å². The largest absolute Gasteiger partial charge is 0.497 e. The molecule has 0 saturated heterocycles. The maximum Gasteiger partial charge on any atom is 0.252 e. The average Bonchev–Trinajstić information content (AvgIpc) is 3.03. The molecule has 8 nitrogen and oxygen atoms in total. The van der Waals surface area contributed by atoms with Crippen molar-refractivity contribution < 1.29 is 9.53 Å². The van der Waals surface area contributed by atoms with Crippen LogP contribution in [0.1, 0.15) is 21.6 Å². The minimum Gasteiger partial charge on any atom is -0.497 e. The fourth-order valence-corrected chi connectivity index (χ4v) is 2.41. The number of carbonyl (C=O) groups excluding carboxylic acids is 1. The Hall–Kier alpha value is -3.42. The molecule has 1 amide bonds. The van der Waals surface area contributed by atoms with Crippen molar-refractivity contribution in [3.05, 3.63) is 47.4 Å². The van der Waals surface area contributed by atoms with Gasteiger partial charge in [-0.2, -0.15) is 0 Å². The number of methoxy groups -OCH3 is 1. The van der Waals surface area contributed by atoms with E-state index in [2.05, 4.69) is 20.3 Å². The van der Waals surface area contributed by atoms with Gasteiger partial charge < -0.3 is 20.8 Å². The molecule has 2 aromatic heterocycles. The first-order chi connectivity index (χ1) is 11.5. The SMILES string of the molecule is CNc1ccc(OC)cc1C(=N)c1cnc2[nH]cc(C(N)=O)c2n1. The third-order valence-electron chi connectivity index (χ3n) is 3.67. The Morgan fingerprint density at radius 1 is 1.38 bits per heavy atom. The molecule has 122 valence electrons. The Kier molecular flexibility index (Phi) is 3.87. The van der Waals surface area contributed by atoms with Crippen LogP contribution in [0.4, 0.5) is 5.69 Å². The second kappa shape index (κ2) is 5.99. The lowest BCUT2D eigenvalue weighted by Crippen LogP contribution is -2.12. The number of ether oxygens (including phenoxy) is 1. The standard InChI is InChI=1S/C16H16N6O2/c1-19-11-4-3-8(24-2)5-9(11)13(17)12-7-21-16-14(22-12)10(6-20-16)15(18)23/h3-7,17,19H,1-2H3,(H2,18,23)(H,20,21). The molecule has 0 aliphatic heterocycles. The number of nitrogens with two attached hydrogens (primary N) is 1. The van der Waals surface area contributed by atoms with Crippen LogP contribution >= 0.6 is 0 Å². The first-order valence-electron chi connectivity index (χ1n) is 7.14. The van der Waals surface area contributed by atoms with E-state index >= 15 is 0 Å². The molecule has 0 atom stereocenters. The van der Waals surface area contributed by atoms with Gasteiger partial charge in [-0.3, -0.25) is 10.2 Å². The molecule has 5 N–H and O–H groups in total. The van der Waals surface area contributed by atoms with E-state index in [-0.39, 0.29) is 11.3 Å². The molecule has 0 spiro atoms. The van der Waals surface area contributed by atoms with Crippen molar-refractivity contribution in [2.45, 2.75) is 0 Å². The highest BCUT2D eigenvalue weighted by Crippen LogP contribution is 2.24. The molecule has 0 fully saturated rings. The summed E-state index contributed by atoms with van der Waals surface area (Å²) in [5.41, 5.74) is 8.22. The zero-order chi connectivity index (χ0) is 17.3. The summed E-state index contributed by atoms with van der Waals surface area (Å²) in [7, 11) is 3.33. The zero-order valence-corrected chi connectivity index (χ0v) is 13.2. The van der Waals surface area contributed by atoms with Crippen molar-refractivity contribution in [3.63, 3.8) is 0 Å². The fraction of sp³-hybridized carbons (Fsp3) is 0.125. The molecule has 2 heterocycles. The second-order valence-electron chi connectivity index (χ2n) is 5.06. The van der Waals surface area contributed by atoms with Gasteiger partial charge in [0.05, 0.1) is 24.6 Å². The molecule has 0 aliphatic carbocycles. The molecule has 3 rings (SSSR count). The van der Waals surface area contributed by atoms with Gasteiger partial charge in [0, 0.05) is 24.5 Å². The van der Waals surface area contributed by atoms with Crippen LogP contribution < -0.4 is 15.8 Å². The van der Waals surface area contributed by atoms with E-state index in [9.17, 15) is 4.79 Å². The highest BCUT2D eigenvalue weighted by molar-refractivity contribution is 6.14. The third kappa shape index (κ3) is 2.54. The number of fused-ring (bicyclic) bond motifs is 1. The summed E-state index contributed by atoms with van der Waals surface area (Å²) < 4.78 is 5.22. The maximum atomic E-state index is 11.5. The first kappa shape index (κ1) is 15.5. The number of nitrogens with one attached hydrogen (secondary N) is 3. The van der Waals surface area contributed by atoms with Crippen molar-refractivity contribution in [2.75, 3.05) is 19.5 Å². The van der Waals surface area contributed by atoms with E-state index in [1.54, 1.807) is 26.3 Å². The third-order valence-corrected chi connectivity index (χ3v) is 3.67. The fourth-order valence-electron chi connectivity index (χ4n) is 2.41. The van der Waals surface area contributed by atoms with E-state index in [1.165, 1.54) is 12.4 Å². The number of hydrogen-bond donors (Lipinski definition) is 4. The van der Waals surface area contributed by atoms with E-state index in [4.69, 9.17) is 15.9 Å². The summed E-state index contributed by atoms with van der Waals surface area (Å²) in [5, 5.41) is 11.5. The summed E-state index contributed by atoms with van der Waals surface area (Å²) in [6.45, 7) is 0. The number of benzene rings is 1. The summed E-state index contributed by atoms with van der Waals surface area (Å²) in [6.07, 6.45) is 2.94. The van der Waals surface area contributed by atoms with Crippen molar-refractivity contribution in [3.8, 4) is 5.75 Å². The van der Waals surface area contributed by atoms with Crippen LogP contribution in [0, 0.1) is 5.41 Å². The van der Waals surface area contributed by atoms with Gasteiger partial charge in [0.1, 0.15) is 17.0 Å². The minimum absolute atomic E-state index is 0.157. The Morgan fingerprint density at radius 3 is 2.83 bits per heavy atom. The van der Waals surface area contributed by atoms with E-state index in [1.807, 2.05) is 6.07 Å². The molecule has 0 aliphatic rings. The molecule has 0 radical (unpaired) electrons. The van der Waals surface area contributed by atoms with Gasteiger partial charge in [0.2, 0.25) is 0 Å². The average molecular weight is 324 g/mol.